The zero-order valence-electron chi connectivity index (χ0n) is 16.5. The number of rotatable bonds is 4. The van der Waals surface area contributed by atoms with Crippen molar-refractivity contribution in [3.8, 4) is 16.9 Å². The van der Waals surface area contributed by atoms with Gasteiger partial charge in [-0.05, 0) is 36.2 Å². The third kappa shape index (κ3) is 3.72. The fraction of sp³-hybridized carbons (Fsp3) is 0.333. The van der Waals surface area contributed by atoms with Crippen molar-refractivity contribution < 1.29 is 9.53 Å². The van der Waals surface area contributed by atoms with Crippen LogP contribution in [0.4, 0.5) is 0 Å². The number of likely N-dealkylation sites (tertiary alicyclic amines) is 1. The molecule has 4 heteroatoms. The van der Waals surface area contributed by atoms with Gasteiger partial charge in [0.05, 0.1) is 5.52 Å². The molecule has 0 spiro atoms. The molecular formula is C24H26N2O2. The van der Waals surface area contributed by atoms with Crippen molar-refractivity contribution in [3.05, 3.63) is 60.3 Å². The number of carbonyl (C=O) groups excluding carboxylic acids is 1. The molecule has 1 fully saturated rings. The van der Waals surface area contributed by atoms with E-state index < -0.39 is 0 Å². The van der Waals surface area contributed by atoms with Gasteiger partial charge in [-0.2, -0.15) is 0 Å². The Kier molecular flexibility index (Phi) is 5.29. The summed E-state index contributed by atoms with van der Waals surface area (Å²) >= 11 is 0. The average Bonchev–Trinajstić information content (AvgIpc) is 2.75. The number of carbonyl (C=O) groups is 1. The van der Waals surface area contributed by atoms with Crippen molar-refractivity contribution in [2.45, 2.75) is 39.2 Å². The number of nitrogens with zero attached hydrogens (tertiary/aromatic N) is 2. The normalized spacial score (nSPS) is 15.0. The molecule has 2 heterocycles. The van der Waals surface area contributed by atoms with E-state index in [1.807, 2.05) is 42.3 Å². The number of aryl methyl sites for hydroxylation is 1. The molecule has 0 saturated carbocycles. The maximum Gasteiger partial charge on any atom is 0.222 e. The van der Waals surface area contributed by atoms with Crippen molar-refractivity contribution in [2.24, 2.45) is 0 Å². The number of para-hydroxylation sites is 1. The predicted molar refractivity (Wildman–Crippen MR) is 112 cm³/mol. The molecule has 28 heavy (non-hydrogen) atoms. The highest BCUT2D eigenvalue weighted by molar-refractivity contribution is 5.88. The molecule has 4 rings (SSSR count). The van der Waals surface area contributed by atoms with Gasteiger partial charge in [-0.3, -0.25) is 9.78 Å². The lowest BCUT2D eigenvalue weighted by Gasteiger charge is -2.32. The Labute approximate surface area is 166 Å². The molecule has 1 saturated heterocycles. The van der Waals surface area contributed by atoms with Gasteiger partial charge in [-0.1, -0.05) is 37.3 Å². The van der Waals surface area contributed by atoms with Crippen LogP contribution in [0.3, 0.4) is 0 Å². The molecular weight excluding hydrogens is 348 g/mol. The number of hydrogen-bond donors (Lipinski definition) is 0. The monoisotopic (exact) mass is 374 g/mol. The lowest BCUT2D eigenvalue weighted by molar-refractivity contribution is -0.132. The second kappa shape index (κ2) is 8.01. The first-order chi connectivity index (χ1) is 13.7. The highest BCUT2D eigenvalue weighted by atomic mass is 16.5. The minimum Gasteiger partial charge on any atom is -0.490 e. The van der Waals surface area contributed by atoms with Crippen LogP contribution in [-0.2, 0) is 4.79 Å². The van der Waals surface area contributed by atoms with Gasteiger partial charge in [0.15, 0.2) is 0 Å². The molecule has 0 N–H and O–H groups in total. The summed E-state index contributed by atoms with van der Waals surface area (Å²) in [6.45, 7) is 5.64. The Morgan fingerprint density at radius 1 is 1.11 bits per heavy atom. The van der Waals surface area contributed by atoms with Crippen LogP contribution >= 0.6 is 0 Å². The fourth-order valence-electron chi connectivity index (χ4n) is 3.92. The smallest absolute Gasteiger partial charge is 0.222 e. The second-order valence-electron chi connectivity index (χ2n) is 7.39. The van der Waals surface area contributed by atoms with E-state index >= 15 is 0 Å². The van der Waals surface area contributed by atoms with E-state index in [1.165, 1.54) is 10.9 Å². The first kappa shape index (κ1) is 18.5. The molecule has 1 aliphatic heterocycles. The number of pyridine rings is 1. The van der Waals surface area contributed by atoms with Crippen LogP contribution in [-0.4, -0.2) is 35.0 Å². The molecule has 2 aromatic carbocycles. The molecule has 1 aliphatic rings. The highest BCUT2D eigenvalue weighted by Crippen LogP contribution is 2.30. The maximum atomic E-state index is 11.8. The van der Waals surface area contributed by atoms with Gasteiger partial charge in [0.2, 0.25) is 5.91 Å². The van der Waals surface area contributed by atoms with Crippen LogP contribution in [0.2, 0.25) is 0 Å². The van der Waals surface area contributed by atoms with Crippen molar-refractivity contribution in [2.75, 3.05) is 13.1 Å². The van der Waals surface area contributed by atoms with Gasteiger partial charge < -0.3 is 9.64 Å². The number of hydrogen-bond acceptors (Lipinski definition) is 3. The number of aromatic nitrogens is 1. The van der Waals surface area contributed by atoms with Gasteiger partial charge in [0.1, 0.15) is 11.9 Å². The summed E-state index contributed by atoms with van der Waals surface area (Å²) in [5, 5.41) is 1.19. The van der Waals surface area contributed by atoms with E-state index in [0.29, 0.717) is 6.42 Å². The summed E-state index contributed by atoms with van der Waals surface area (Å²) < 4.78 is 6.15. The average molecular weight is 374 g/mol. The van der Waals surface area contributed by atoms with E-state index in [0.717, 1.165) is 48.3 Å². The zero-order valence-corrected chi connectivity index (χ0v) is 16.5. The first-order valence-electron chi connectivity index (χ1n) is 10.0. The summed E-state index contributed by atoms with van der Waals surface area (Å²) in [6, 6.07) is 16.5. The van der Waals surface area contributed by atoms with Crippen LogP contribution in [0.15, 0.2) is 54.7 Å². The summed E-state index contributed by atoms with van der Waals surface area (Å²) in [4.78, 5) is 18.3. The minimum absolute atomic E-state index is 0.177. The molecule has 0 aliphatic carbocycles. The molecule has 3 aromatic rings. The molecule has 0 bridgehead atoms. The quantitative estimate of drug-likeness (QED) is 0.646. The third-order valence-electron chi connectivity index (χ3n) is 5.61. The van der Waals surface area contributed by atoms with E-state index in [9.17, 15) is 4.79 Å². The van der Waals surface area contributed by atoms with Crippen molar-refractivity contribution in [3.63, 3.8) is 0 Å². The van der Waals surface area contributed by atoms with Gasteiger partial charge in [0.25, 0.3) is 0 Å². The van der Waals surface area contributed by atoms with Crippen molar-refractivity contribution in [1.29, 1.82) is 0 Å². The number of fused-ring (bicyclic) bond motifs is 1. The van der Waals surface area contributed by atoms with Gasteiger partial charge in [-0.25, -0.2) is 0 Å². The topological polar surface area (TPSA) is 42.4 Å². The Morgan fingerprint density at radius 2 is 1.82 bits per heavy atom. The van der Waals surface area contributed by atoms with E-state index in [2.05, 4.69) is 36.2 Å². The maximum absolute atomic E-state index is 11.8. The summed E-state index contributed by atoms with van der Waals surface area (Å²) in [6.07, 6.45) is 4.49. The molecule has 144 valence electrons. The Balaban J connectivity index is 1.45. The minimum atomic E-state index is 0.177. The van der Waals surface area contributed by atoms with Crippen LogP contribution < -0.4 is 4.74 Å². The molecule has 1 aromatic heterocycles. The number of ether oxygens (including phenoxy) is 1. The SMILES string of the molecule is CCC(=O)N1CCC(Oc2ccc(-c3cnc4ccccc4c3C)cc2)CC1. The largest absolute Gasteiger partial charge is 0.490 e. The molecule has 0 unspecified atom stereocenters. The number of amides is 1. The Hall–Kier alpha value is -2.88. The number of benzene rings is 2. The lowest BCUT2D eigenvalue weighted by atomic mass is 9.99. The molecule has 1 amide bonds. The lowest BCUT2D eigenvalue weighted by Crippen LogP contribution is -2.41. The van der Waals surface area contributed by atoms with Crippen LogP contribution in [0, 0.1) is 6.92 Å². The standard InChI is InChI=1S/C24H26N2O2/c1-3-24(27)26-14-12-20(13-15-26)28-19-10-8-18(9-11-19)22-16-25-23-7-5-4-6-21(23)17(22)2/h4-11,16,20H,3,12-15H2,1-2H3. The molecule has 0 atom stereocenters. The van der Waals surface area contributed by atoms with Crippen LogP contribution in [0.5, 0.6) is 5.75 Å². The predicted octanol–water partition coefficient (Wildman–Crippen LogP) is 4.99. The highest BCUT2D eigenvalue weighted by Gasteiger charge is 2.23. The Morgan fingerprint density at radius 3 is 2.54 bits per heavy atom. The van der Waals surface area contributed by atoms with E-state index in [-0.39, 0.29) is 12.0 Å². The Bertz CT molecular complexity index is 974. The summed E-state index contributed by atoms with van der Waals surface area (Å²) in [5.74, 6) is 1.12. The summed E-state index contributed by atoms with van der Waals surface area (Å²) in [7, 11) is 0. The number of piperidine rings is 1. The van der Waals surface area contributed by atoms with Gasteiger partial charge >= 0.3 is 0 Å². The molecule has 4 nitrogen and oxygen atoms in total. The van der Waals surface area contributed by atoms with Crippen molar-refractivity contribution in [1.82, 2.24) is 9.88 Å². The zero-order chi connectivity index (χ0) is 19.5. The van der Waals surface area contributed by atoms with Crippen LogP contribution in [0.25, 0.3) is 22.0 Å². The van der Waals surface area contributed by atoms with E-state index in [1.54, 1.807) is 0 Å². The van der Waals surface area contributed by atoms with Gasteiger partial charge in [0, 0.05) is 49.5 Å². The van der Waals surface area contributed by atoms with Gasteiger partial charge in [-0.15, -0.1) is 0 Å². The van der Waals surface area contributed by atoms with E-state index in [4.69, 9.17) is 4.74 Å². The third-order valence-corrected chi connectivity index (χ3v) is 5.61. The summed E-state index contributed by atoms with van der Waals surface area (Å²) in [5.41, 5.74) is 4.56. The van der Waals surface area contributed by atoms with Crippen LogP contribution in [0.1, 0.15) is 31.7 Å². The van der Waals surface area contributed by atoms with Crippen molar-refractivity contribution >= 4 is 16.8 Å². The fourth-order valence-corrected chi connectivity index (χ4v) is 3.92. The second-order valence-corrected chi connectivity index (χ2v) is 7.39. The first-order valence-corrected chi connectivity index (χ1v) is 10.0. The molecule has 0 radical (unpaired) electrons.